The number of hydrogen-bond acceptors (Lipinski definition) is 5. The van der Waals surface area contributed by atoms with E-state index in [9.17, 15) is 9.59 Å². The number of hydrogen-bond donors (Lipinski definition) is 1. The monoisotopic (exact) mass is 419 g/mol. The van der Waals surface area contributed by atoms with Gasteiger partial charge in [-0.25, -0.2) is 0 Å². The van der Waals surface area contributed by atoms with Crippen LogP contribution in [-0.2, 0) is 0 Å². The third-order valence-corrected chi connectivity index (χ3v) is 7.34. The van der Waals surface area contributed by atoms with Gasteiger partial charge in [-0.05, 0) is 55.6 Å². The SMILES string of the molecule is O=C(NCC1CC12CCN(C(=O)c1cnoc1C1CC1)CC2)c1cc2ccccc2o1. The van der Waals surface area contributed by atoms with Crippen LogP contribution in [0.5, 0.6) is 0 Å². The molecule has 1 spiro atoms. The van der Waals surface area contributed by atoms with Crippen molar-refractivity contribution < 1.29 is 18.5 Å². The number of furan rings is 1. The summed E-state index contributed by atoms with van der Waals surface area (Å²) in [6, 6.07) is 9.42. The molecule has 1 aliphatic heterocycles. The molecule has 0 bridgehead atoms. The highest BCUT2D eigenvalue weighted by atomic mass is 16.5. The van der Waals surface area contributed by atoms with Crippen LogP contribution in [0.3, 0.4) is 0 Å². The van der Waals surface area contributed by atoms with Crippen molar-refractivity contribution in [3.63, 3.8) is 0 Å². The van der Waals surface area contributed by atoms with Crippen molar-refractivity contribution in [1.29, 1.82) is 0 Å². The van der Waals surface area contributed by atoms with Crippen molar-refractivity contribution in [2.75, 3.05) is 19.6 Å². The molecule has 1 atom stereocenters. The summed E-state index contributed by atoms with van der Waals surface area (Å²) < 4.78 is 11.0. The molecule has 2 aromatic heterocycles. The molecular formula is C24H25N3O4. The molecule has 1 unspecified atom stereocenters. The van der Waals surface area contributed by atoms with Crippen LogP contribution in [0.25, 0.3) is 11.0 Å². The van der Waals surface area contributed by atoms with E-state index in [1.54, 1.807) is 12.3 Å². The average molecular weight is 419 g/mol. The van der Waals surface area contributed by atoms with Crippen LogP contribution in [0.1, 0.15) is 64.7 Å². The van der Waals surface area contributed by atoms with Crippen LogP contribution in [0.4, 0.5) is 0 Å². The summed E-state index contributed by atoms with van der Waals surface area (Å²) in [6.07, 6.45) is 6.81. The van der Waals surface area contributed by atoms with E-state index >= 15 is 0 Å². The molecule has 0 radical (unpaired) electrons. The van der Waals surface area contributed by atoms with Gasteiger partial charge < -0.3 is 19.2 Å². The number of aromatic nitrogens is 1. The summed E-state index contributed by atoms with van der Waals surface area (Å²) in [5.41, 5.74) is 1.63. The molecular weight excluding hydrogens is 394 g/mol. The number of carbonyl (C=O) groups excluding carboxylic acids is 2. The number of nitrogens with zero attached hydrogens (tertiary/aromatic N) is 2. The molecule has 160 valence electrons. The lowest BCUT2D eigenvalue weighted by molar-refractivity contribution is 0.0666. The van der Waals surface area contributed by atoms with Crippen LogP contribution in [0.15, 0.2) is 45.5 Å². The zero-order valence-corrected chi connectivity index (χ0v) is 17.3. The van der Waals surface area contributed by atoms with Gasteiger partial charge in [0.2, 0.25) is 0 Å². The summed E-state index contributed by atoms with van der Waals surface area (Å²) in [5, 5.41) is 7.84. The topological polar surface area (TPSA) is 88.6 Å². The molecule has 7 nitrogen and oxygen atoms in total. The van der Waals surface area contributed by atoms with Crippen LogP contribution in [-0.4, -0.2) is 41.5 Å². The normalized spacial score (nSPS) is 22.1. The molecule has 1 saturated heterocycles. The van der Waals surface area contributed by atoms with E-state index in [-0.39, 0.29) is 17.2 Å². The summed E-state index contributed by atoms with van der Waals surface area (Å²) in [7, 11) is 0. The van der Waals surface area contributed by atoms with E-state index in [2.05, 4.69) is 10.5 Å². The van der Waals surface area contributed by atoms with Gasteiger partial charge >= 0.3 is 0 Å². The highest BCUT2D eigenvalue weighted by molar-refractivity contribution is 5.96. The second kappa shape index (κ2) is 6.97. The Morgan fingerprint density at radius 1 is 1.19 bits per heavy atom. The first-order valence-corrected chi connectivity index (χ1v) is 11.1. The van der Waals surface area contributed by atoms with Crippen molar-refractivity contribution in [3.05, 3.63) is 53.6 Å². The van der Waals surface area contributed by atoms with Crippen LogP contribution in [0.2, 0.25) is 0 Å². The fourth-order valence-corrected chi connectivity index (χ4v) is 5.10. The van der Waals surface area contributed by atoms with Crippen molar-refractivity contribution >= 4 is 22.8 Å². The number of likely N-dealkylation sites (tertiary alicyclic amines) is 1. The molecule has 3 aliphatic rings. The fraction of sp³-hybridized carbons (Fsp3) is 0.458. The van der Waals surface area contributed by atoms with Gasteiger partial charge in [-0.3, -0.25) is 9.59 Å². The molecule has 3 heterocycles. The summed E-state index contributed by atoms with van der Waals surface area (Å²) in [4.78, 5) is 27.4. The van der Waals surface area contributed by atoms with E-state index in [1.807, 2.05) is 29.2 Å². The van der Waals surface area contributed by atoms with E-state index in [4.69, 9.17) is 8.94 Å². The fourth-order valence-electron chi connectivity index (χ4n) is 5.10. The Kier molecular flexibility index (Phi) is 4.20. The smallest absolute Gasteiger partial charge is 0.287 e. The molecule has 3 aromatic rings. The molecule has 6 rings (SSSR count). The zero-order valence-electron chi connectivity index (χ0n) is 17.3. The van der Waals surface area contributed by atoms with E-state index in [0.29, 0.717) is 29.7 Å². The number of piperidine rings is 1. The maximum atomic E-state index is 12.9. The van der Waals surface area contributed by atoms with Gasteiger partial charge in [0, 0.05) is 30.9 Å². The van der Waals surface area contributed by atoms with Gasteiger partial charge in [-0.2, -0.15) is 0 Å². The Morgan fingerprint density at radius 3 is 2.77 bits per heavy atom. The molecule has 1 aromatic carbocycles. The van der Waals surface area contributed by atoms with Crippen LogP contribution >= 0.6 is 0 Å². The van der Waals surface area contributed by atoms with Gasteiger partial charge in [0.15, 0.2) is 11.5 Å². The number of amides is 2. The zero-order chi connectivity index (χ0) is 21.0. The molecule has 2 saturated carbocycles. The van der Waals surface area contributed by atoms with E-state index in [1.165, 1.54) is 0 Å². The molecule has 2 amide bonds. The summed E-state index contributed by atoms with van der Waals surface area (Å²) in [6.45, 7) is 2.16. The first-order chi connectivity index (χ1) is 15.1. The predicted octanol–water partition coefficient (Wildman–Crippen LogP) is 3.97. The molecule has 1 N–H and O–H groups in total. The second-order valence-corrected chi connectivity index (χ2v) is 9.29. The first-order valence-electron chi connectivity index (χ1n) is 11.1. The van der Waals surface area contributed by atoms with Crippen molar-refractivity contribution in [2.24, 2.45) is 11.3 Å². The maximum Gasteiger partial charge on any atom is 0.287 e. The lowest BCUT2D eigenvalue weighted by Gasteiger charge is -2.33. The van der Waals surface area contributed by atoms with Crippen LogP contribution < -0.4 is 5.32 Å². The minimum Gasteiger partial charge on any atom is -0.451 e. The largest absolute Gasteiger partial charge is 0.451 e. The van der Waals surface area contributed by atoms with Gasteiger partial charge in [0.1, 0.15) is 11.1 Å². The number of fused-ring (bicyclic) bond motifs is 1. The molecule has 2 aliphatic carbocycles. The van der Waals surface area contributed by atoms with Crippen molar-refractivity contribution in [1.82, 2.24) is 15.4 Å². The maximum absolute atomic E-state index is 12.9. The molecule has 7 heteroatoms. The van der Waals surface area contributed by atoms with E-state index in [0.717, 1.165) is 61.9 Å². The Morgan fingerprint density at radius 2 is 2.00 bits per heavy atom. The number of benzene rings is 1. The molecule has 3 fully saturated rings. The van der Waals surface area contributed by atoms with Gasteiger partial charge in [0.05, 0.1) is 6.20 Å². The van der Waals surface area contributed by atoms with Crippen LogP contribution in [0, 0.1) is 11.3 Å². The van der Waals surface area contributed by atoms with Gasteiger partial charge in [-0.1, -0.05) is 23.4 Å². The minimum absolute atomic E-state index is 0.0494. The van der Waals surface area contributed by atoms with Crippen molar-refractivity contribution in [3.8, 4) is 0 Å². The highest BCUT2D eigenvalue weighted by Crippen LogP contribution is 2.59. The summed E-state index contributed by atoms with van der Waals surface area (Å²) >= 11 is 0. The number of para-hydroxylation sites is 1. The number of nitrogens with one attached hydrogen (secondary N) is 1. The van der Waals surface area contributed by atoms with Crippen molar-refractivity contribution in [2.45, 2.75) is 38.0 Å². The predicted molar refractivity (Wildman–Crippen MR) is 113 cm³/mol. The number of carbonyl (C=O) groups is 2. The third kappa shape index (κ3) is 3.32. The lowest BCUT2D eigenvalue weighted by atomic mass is 9.90. The van der Waals surface area contributed by atoms with Gasteiger partial charge in [-0.15, -0.1) is 0 Å². The minimum atomic E-state index is -0.161. The Labute approximate surface area is 179 Å². The quantitative estimate of drug-likeness (QED) is 0.676. The Bertz CT molecular complexity index is 1120. The Hall–Kier alpha value is -3.09. The highest BCUT2D eigenvalue weighted by Gasteiger charge is 2.55. The molecule has 31 heavy (non-hydrogen) atoms. The number of rotatable bonds is 5. The third-order valence-electron chi connectivity index (χ3n) is 7.34. The van der Waals surface area contributed by atoms with E-state index < -0.39 is 0 Å². The van der Waals surface area contributed by atoms with Gasteiger partial charge in [0.25, 0.3) is 11.8 Å². The summed E-state index contributed by atoms with van der Waals surface area (Å²) in [5.74, 6) is 1.86. The lowest BCUT2D eigenvalue weighted by Crippen LogP contribution is -2.40. The Balaban J connectivity index is 1.03. The second-order valence-electron chi connectivity index (χ2n) is 9.29. The first kappa shape index (κ1) is 18.7. The average Bonchev–Trinajstić information content (AvgIpc) is 3.64. The standard InChI is InChI=1S/C24H25N3O4/c28-22(20-11-16-3-1-2-4-19(16)30-20)25-13-17-12-24(17)7-9-27(10-8-24)23(29)18-14-26-31-21(18)15-5-6-15/h1-4,11,14-15,17H,5-10,12-13H2,(H,25,28).